The van der Waals surface area contributed by atoms with Crippen molar-refractivity contribution >= 4 is 21.6 Å². The summed E-state index contributed by atoms with van der Waals surface area (Å²) >= 11 is 3.25. The minimum absolute atomic E-state index is 0.0813. The van der Waals surface area contributed by atoms with E-state index in [1.165, 1.54) is 6.07 Å². The number of nitro groups is 1. The van der Waals surface area contributed by atoms with Crippen molar-refractivity contribution in [1.29, 1.82) is 0 Å². The molecule has 1 aromatic rings. The summed E-state index contributed by atoms with van der Waals surface area (Å²) in [7, 11) is 0. The Morgan fingerprint density at radius 3 is 2.78 bits per heavy atom. The van der Waals surface area contributed by atoms with E-state index < -0.39 is 11.0 Å². The van der Waals surface area contributed by atoms with Crippen LogP contribution in [0.4, 0.5) is 5.69 Å². The van der Waals surface area contributed by atoms with Crippen molar-refractivity contribution in [2.24, 2.45) is 0 Å². The van der Waals surface area contributed by atoms with Crippen LogP contribution in [-0.4, -0.2) is 22.2 Å². The molecule has 0 heterocycles. The number of nitrogens with zero attached hydrogens (tertiary/aromatic N) is 1. The zero-order valence-corrected chi connectivity index (χ0v) is 11.3. The molecule has 0 saturated heterocycles. The predicted molar refractivity (Wildman–Crippen MR) is 69.7 cm³/mol. The van der Waals surface area contributed by atoms with Gasteiger partial charge in [0.25, 0.3) is 0 Å². The third kappa shape index (κ3) is 2.81. The lowest BCUT2D eigenvalue weighted by Gasteiger charge is -2.28. The summed E-state index contributed by atoms with van der Waals surface area (Å²) in [5, 5.41) is 20.8. The molecule has 6 heteroatoms. The molecule has 1 saturated carbocycles. The smallest absolute Gasteiger partial charge is 0.312 e. The summed E-state index contributed by atoms with van der Waals surface area (Å²) in [4.78, 5) is 10.5. The van der Waals surface area contributed by atoms with Crippen molar-refractivity contribution in [3.05, 3.63) is 32.8 Å². The van der Waals surface area contributed by atoms with Crippen LogP contribution in [0.25, 0.3) is 0 Å². The van der Waals surface area contributed by atoms with Gasteiger partial charge in [-0.15, -0.1) is 0 Å². The monoisotopic (exact) mass is 315 g/mol. The van der Waals surface area contributed by atoms with E-state index in [0.29, 0.717) is 10.9 Å². The van der Waals surface area contributed by atoms with Gasteiger partial charge in [0.15, 0.2) is 0 Å². The maximum Gasteiger partial charge on any atom is 0.312 e. The molecule has 0 unspecified atom stereocenters. The molecule has 0 aromatic heterocycles. The molecule has 1 aliphatic carbocycles. The fourth-order valence-electron chi connectivity index (χ4n) is 2.12. The molecule has 5 nitrogen and oxygen atoms in total. The number of aliphatic hydroxyl groups excluding tert-OH is 1. The Hall–Kier alpha value is -1.14. The molecule has 0 aliphatic heterocycles. The average molecular weight is 316 g/mol. The first kappa shape index (κ1) is 13.3. The second-order valence-electron chi connectivity index (χ2n) is 4.35. The fourth-order valence-corrected chi connectivity index (χ4v) is 2.57. The van der Waals surface area contributed by atoms with Crippen LogP contribution in [0.15, 0.2) is 22.7 Å². The normalized spacial score (nSPS) is 23.7. The van der Waals surface area contributed by atoms with Crippen LogP contribution in [0.1, 0.15) is 25.7 Å². The maximum atomic E-state index is 10.9. The summed E-state index contributed by atoms with van der Waals surface area (Å²) in [6.45, 7) is 0. The number of benzene rings is 1. The summed E-state index contributed by atoms with van der Waals surface area (Å²) < 4.78 is 6.19. The number of para-hydroxylation sites is 1. The van der Waals surface area contributed by atoms with Crippen LogP contribution >= 0.6 is 15.9 Å². The van der Waals surface area contributed by atoms with Crippen LogP contribution in [0.2, 0.25) is 0 Å². The number of halogens is 1. The molecule has 0 bridgehead atoms. The molecule has 0 amide bonds. The first-order chi connectivity index (χ1) is 8.59. The highest BCUT2D eigenvalue weighted by atomic mass is 79.9. The minimum atomic E-state index is -0.550. The van der Waals surface area contributed by atoms with Crippen LogP contribution < -0.4 is 4.74 Å². The van der Waals surface area contributed by atoms with E-state index in [1.807, 2.05) is 0 Å². The Morgan fingerprint density at radius 1 is 1.39 bits per heavy atom. The van der Waals surface area contributed by atoms with Crippen molar-refractivity contribution in [1.82, 2.24) is 0 Å². The third-order valence-electron chi connectivity index (χ3n) is 3.08. The van der Waals surface area contributed by atoms with E-state index in [1.54, 1.807) is 12.1 Å². The van der Waals surface area contributed by atoms with Crippen molar-refractivity contribution < 1.29 is 14.8 Å². The largest absolute Gasteiger partial charge is 0.480 e. The first-order valence-corrected chi connectivity index (χ1v) is 6.66. The van der Waals surface area contributed by atoms with Gasteiger partial charge in [0.05, 0.1) is 15.5 Å². The molecule has 18 heavy (non-hydrogen) atoms. The van der Waals surface area contributed by atoms with Crippen LogP contribution in [-0.2, 0) is 0 Å². The van der Waals surface area contributed by atoms with E-state index in [4.69, 9.17) is 4.74 Å². The zero-order valence-electron chi connectivity index (χ0n) is 9.71. The molecule has 1 aliphatic rings. The highest BCUT2D eigenvalue weighted by Crippen LogP contribution is 2.37. The van der Waals surface area contributed by atoms with Crippen molar-refractivity contribution in [3.63, 3.8) is 0 Å². The predicted octanol–water partition coefficient (Wildman–Crippen LogP) is 3.04. The van der Waals surface area contributed by atoms with Crippen molar-refractivity contribution in [2.45, 2.75) is 37.9 Å². The van der Waals surface area contributed by atoms with E-state index in [0.717, 1.165) is 19.3 Å². The van der Waals surface area contributed by atoms with Gasteiger partial charge >= 0.3 is 5.69 Å². The number of ether oxygens (including phenoxy) is 1. The lowest BCUT2D eigenvalue weighted by molar-refractivity contribution is -0.386. The third-order valence-corrected chi connectivity index (χ3v) is 3.70. The van der Waals surface area contributed by atoms with Crippen molar-refractivity contribution in [3.8, 4) is 5.75 Å². The summed E-state index contributed by atoms with van der Waals surface area (Å²) in [5.74, 6) is 0.202. The Kier molecular flexibility index (Phi) is 4.19. The van der Waals surface area contributed by atoms with Gasteiger partial charge in [-0.1, -0.05) is 12.5 Å². The number of aliphatic hydroxyl groups is 1. The number of nitro benzene ring substituents is 1. The quantitative estimate of drug-likeness (QED) is 0.687. The SMILES string of the molecule is O=[N+]([O-])c1cccc(Br)c1O[C@H]1CCCC[C@@H]1O. The van der Waals surface area contributed by atoms with Gasteiger partial charge in [0.2, 0.25) is 5.75 Å². The summed E-state index contributed by atoms with van der Waals surface area (Å²) in [5.41, 5.74) is -0.0813. The molecule has 0 radical (unpaired) electrons. The minimum Gasteiger partial charge on any atom is -0.480 e. The lowest BCUT2D eigenvalue weighted by Crippen LogP contribution is -2.34. The van der Waals surface area contributed by atoms with E-state index in [2.05, 4.69) is 15.9 Å². The molecule has 0 spiro atoms. The van der Waals surface area contributed by atoms with Gasteiger partial charge in [-0.05, 0) is 41.3 Å². The van der Waals surface area contributed by atoms with E-state index >= 15 is 0 Å². The van der Waals surface area contributed by atoms with Crippen LogP contribution in [0, 0.1) is 10.1 Å². The zero-order chi connectivity index (χ0) is 13.1. The molecule has 2 rings (SSSR count). The number of hydrogen-bond acceptors (Lipinski definition) is 4. The van der Waals surface area contributed by atoms with Gasteiger partial charge in [-0.25, -0.2) is 0 Å². The Labute approximate surface area is 113 Å². The molecule has 2 atom stereocenters. The molecular formula is C12H14BrNO4. The first-order valence-electron chi connectivity index (χ1n) is 5.87. The lowest BCUT2D eigenvalue weighted by atomic mass is 9.95. The maximum absolute atomic E-state index is 10.9. The van der Waals surface area contributed by atoms with Gasteiger partial charge in [-0.3, -0.25) is 10.1 Å². The number of hydrogen-bond donors (Lipinski definition) is 1. The van der Waals surface area contributed by atoms with Crippen LogP contribution in [0.5, 0.6) is 5.75 Å². The fraction of sp³-hybridized carbons (Fsp3) is 0.500. The highest BCUT2D eigenvalue weighted by molar-refractivity contribution is 9.10. The Morgan fingerprint density at radius 2 is 2.11 bits per heavy atom. The molecule has 1 aromatic carbocycles. The Bertz CT molecular complexity index is 452. The standard InChI is InChI=1S/C12H14BrNO4/c13-8-4-3-5-9(14(16)17)12(8)18-11-7-2-1-6-10(11)15/h3-5,10-11,15H,1-2,6-7H2/t10-,11-/m0/s1. The topological polar surface area (TPSA) is 72.6 Å². The van der Waals surface area contributed by atoms with E-state index in [-0.39, 0.29) is 17.5 Å². The second-order valence-corrected chi connectivity index (χ2v) is 5.21. The molecule has 1 N–H and O–H groups in total. The van der Waals surface area contributed by atoms with Gasteiger partial charge < -0.3 is 9.84 Å². The van der Waals surface area contributed by atoms with E-state index in [9.17, 15) is 15.2 Å². The highest BCUT2D eigenvalue weighted by Gasteiger charge is 2.28. The Balaban J connectivity index is 2.24. The van der Waals surface area contributed by atoms with Crippen LogP contribution in [0.3, 0.4) is 0 Å². The van der Waals surface area contributed by atoms with Crippen molar-refractivity contribution in [2.75, 3.05) is 0 Å². The average Bonchev–Trinajstić information content (AvgIpc) is 2.34. The summed E-state index contributed by atoms with van der Waals surface area (Å²) in [6, 6.07) is 4.68. The molecule has 98 valence electrons. The van der Waals surface area contributed by atoms with Gasteiger partial charge in [-0.2, -0.15) is 0 Å². The van der Waals surface area contributed by atoms with Gasteiger partial charge in [0.1, 0.15) is 6.10 Å². The number of rotatable bonds is 3. The second kappa shape index (κ2) is 5.67. The molecular weight excluding hydrogens is 302 g/mol. The molecule has 1 fully saturated rings. The van der Waals surface area contributed by atoms with Gasteiger partial charge in [0, 0.05) is 6.07 Å². The summed E-state index contributed by atoms with van der Waals surface area (Å²) in [6.07, 6.45) is 2.43.